The predicted octanol–water partition coefficient (Wildman–Crippen LogP) is 3.45. The Labute approximate surface area is 167 Å². The van der Waals surface area contributed by atoms with Crippen LogP contribution in [0, 0.1) is 5.92 Å². The highest BCUT2D eigenvalue weighted by molar-refractivity contribution is 5.74. The Morgan fingerprint density at radius 2 is 1.86 bits per heavy atom. The zero-order valence-electron chi connectivity index (χ0n) is 16.8. The summed E-state index contributed by atoms with van der Waals surface area (Å²) in [6, 6.07) is 9.98. The first kappa shape index (κ1) is 19.0. The molecule has 0 spiro atoms. The third-order valence-corrected chi connectivity index (χ3v) is 6.11. The van der Waals surface area contributed by atoms with Crippen molar-refractivity contribution in [1.82, 2.24) is 24.9 Å². The summed E-state index contributed by atoms with van der Waals surface area (Å²) in [6.07, 6.45) is 9.37. The molecule has 2 aromatic rings. The van der Waals surface area contributed by atoms with Gasteiger partial charge in [0.25, 0.3) is 0 Å². The number of carbonyl (C=O) groups is 1. The van der Waals surface area contributed by atoms with Crippen LogP contribution >= 0.6 is 0 Å². The maximum atomic E-state index is 12.7. The van der Waals surface area contributed by atoms with Gasteiger partial charge in [0.15, 0.2) is 0 Å². The summed E-state index contributed by atoms with van der Waals surface area (Å²) < 4.78 is 1.85. The van der Waals surface area contributed by atoms with Crippen LogP contribution in [0.2, 0.25) is 0 Å². The van der Waals surface area contributed by atoms with Crippen molar-refractivity contribution in [2.24, 2.45) is 5.92 Å². The van der Waals surface area contributed by atoms with Crippen LogP contribution in [-0.4, -0.2) is 58.3 Å². The number of nitrogens with one attached hydrogen (secondary N) is 1. The zero-order valence-corrected chi connectivity index (χ0v) is 16.8. The van der Waals surface area contributed by atoms with E-state index in [2.05, 4.69) is 15.3 Å². The van der Waals surface area contributed by atoms with Gasteiger partial charge in [0.05, 0.1) is 17.9 Å². The Morgan fingerprint density at radius 3 is 2.57 bits per heavy atom. The van der Waals surface area contributed by atoms with Crippen LogP contribution < -0.4 is 5.32 Å². The monoisotopic (exact) mass is 381 g/mol. The highest BCUT2D eigenvalue weighted by atomic mass is 16.2. The molecular formula is C22H31N5O. The molecule has 1 aromatic heterocycles. The Hall–Kier alpha value is -2.34. The van der Waals surface area contributed by atoms with Gasteiger partial charge < -0.3 is 10.2 Å². The number of hydrogen-bond acceptors (Lipinski definition) is 3. The van der Waals surface area contributed by atoms with E-state index in [1.165, 1.54) is 32.2 Å². The van der Waals surface area contributed by atoms with Crippen molar-refractivity contribution in [3.8, 4) is 5.69 Å². The topological polar surface area (TPSA) is 53.4 Å². The summed E-state index contributed by atoms with van der Waals surface area (Å²) in [5.41, 5.74) is 2.03. The van der Waals surface area contributed by atoms with Crippen LogP contribution in [0.5, 0.6) is 0 Å². The number of amides is 2. The molecule has 2 heterocycles. The summed E-state index contributed by atoms with van der Waals surface area (Å²) >= 11 is 0. The number of piperazine rings is 1. The van der Waals surface area contributed by atoms with Crippen molar-refractivity contribution in [2.75, 3.05) is 32.7 Å². The maximum absolute atomic E-state index is 12.7. The van der Waals surface area contributed by atoms with Crippen molar-refractivity contribution < 1.29 is 4.79 Å². The number of benzene rings is 1. The molecule has 28 heavy (non-hydrogen) atoms. The minimum Gasteiger partial charge on any atom is -0.331 e. The molecule has 1 aliphatic carbocycles. The smallest absolute Gasteiger partial charge is 0.317 e. The lowest BCUT2D eigenvalue weighted by molar-refractivity contribution is 0.126. The first-order valence-corrected chi connectivity index (χ1v) is 10.6. The van der Waals surface area contributed by atoms with Crippen molar-refractivity contribution in [3.05, 3.63) is 48.3 Å². The molecule has 1 atom stereocenters. The van der Waals surface area contributed by atoms with Crippen LogP contribution in [0.15, 0.2) is 42.7 Å². The molecule has 2 aliphatic rings. The zero-order chi connectivity index (χ0) is 19.3. The molecule has 1 saturated carbocycles. The van der Waals surface area contributed by atoms with E-state index in [1.54, 1.807) is 0 Å². The summed E-state index contributed by atoms with van der Waals surface area (Å²) in [5, 5.41) is 7.56. The number of urea groups is 1. The van der Waals surface area contributed by atoms with E-state index < -0.39 is 0 Å². The maximum Gasteiger partial charge on any atom is 0.317 e. The van der Waals surface area contributed by atoms with E-state index in [9.17, 15) is 4.79 Å². The van der Waals surface area contributed by atoms with Crippen LogP contribution in [0.1, 0.15) is 44.2 Å². The molecule has 0 bridgehead atoms. The normalized spacial score (nSPS) is 19.7. The lowest BCUT2D eigenvalue weighted by Crippen LogP contribution is -2.52. The number of nitrogens with zero attached hydrogens (tertiary/aromatic N) is 4. The lowest BCUT2D eigenvalue weighted by Gasteiger charge is -2.36. The van der Waals surface area contributed by atoms with E-state index in [1.807, 2.05) is 59.2 Å². The van der Waals surface area contributed by atoms with Crippen LogP contribution in [-0.2, 0) is 0 Å². The van der Waals surface area contributed by atoms with Crippen molar-refractivity contribution >= 4 is 6.03 Å². The fourth-order valence-electron chi connectivity index (χ4n) is 4.33. The number of hydrogen-bond donors (Lipinski definition) is 1. The third-order valence-electron chi connectivity index (χ3n) is 6.11. The molecule has 6 heteroatoms. The van der Waals surface area contributed by atoms with Gasteiger partial charge in [-0.05, 0) is 37.8 Å². The standard InChI is InChI=1S/C22H31N5O/c1-18(20-15-23-27(17-20)21-9-3-2-4-10-21)24-22(28)26-13-11-25(12-14-26)16-19-7-5-6-8-19/h2-4,9-10,15,17-19H,5-8,11-14,16H2,1H3,(H,24,28). The second-order valence-corrected chi connectivity index (χ2v) is 8.16. The fraction of sp³-hybridized carbons (Fsp3) is 0.545. The van der Waals surface area contributed by atoms with Gasteiger partial charge in [-0.3, -0.25) is 4.90 Å². The van der Waals surface area contributed by atoms with Gasteiger partial charge in [-0.1, -0.05) is 31.0 Å². The van der Waals surface area contributed by atoms with Gasteiger partial charge >= 0.3 is 6.03 Å². The molecule has 1 N–H and O–H groups in total. The number of carbonyl (C=O) groups excluding carboxylic acids is 1. The molecule has 4 rings (SSSR count). The molecule has 0 radical (unpaired) electrons. The van der Waals surface area contributed by atoms with Gasteiger partial charge in [0.1, 0.15) is 0 Å². The highest BCUT2D eigenvalue weighted by Gasteiger charge is 2.25. The van der Waals surface area contributed by atoms with Crippen molar-refractivity contribution in [3.63, 3.8) is 0 Å². The van der Waals surface area contributed by atoms with Crippen LogP contribution in [0.4, 0.5) is 4.79 Å². The Kier molecular flexibility index (Phi) is 5.95. The first-order valence-electron chi connectivity index (χ1n) is 10.6. The average Bonchev–Trinajstić information content (AvgIpc) is 3.41. The lowest BCUT2D eigenvalue weighted by atomic mass is 10.1. The Balaban J connectivity index is 1.26. The second-order valence-electron chi connectivity index (χ2n) is 8.16. The summed E-state index contributed by atoms with van der Waals surface area (Å²) in [5.74, 6) is 0.876. The number of rotatable bonds is 5. The van der Waals surface area contributed by atoms with Gasteiger partial charge in [-0.25, -0.2) is 9.48 Å². The molecule has 150 valence electrons. The van der Waals surface area contributed by atoms with Gasteiger partial charge in [0.2, 0.25) is 0 Å². The predicted molar refractivity (Wildman–Crippen MR) is 110 cm³/mol. The SMILES string of the molecule is CC(NC(=O)N1CCN(CC2CCCC2)CC1)c1cnn(-c2ccccc2)c1. The third kappa shape index (κ3) is 4.55. The van der Waals surface area contributed by atoms with Crippen LogP contribution in [0.3, 0.4) is 0 Å². The van der Waals surface area contributed by atoms with E-state index in [-0.39, 0.29) is 12.1 Å². The highest BCUT2D eigenvalue weighted by Crippen LogP contribution is 2.25. The Morgan fingerprint density at radius 1 is 1.14 bits per heavy atom. The second kappa shape index (κ2) is 8.78. The van der Waals surface area contributed by atoms with E-state index in [4.69, 9.17) is 0 Å². The minimum atomic E-state index is -0.0681. The van der Waals surface area contributed by atoms with E-state index >= 15 is 0 Å². The summed E-state index contributed by atoms with van der Waals surface area (Å²) in [7, 11) is 0. The van der Waals surface area contributed by atoms with Crippen molar-refractivity contribution in [1.29, 1.82) is 0 Å². The fourth-order valence-corrected chi connectivity index (χ4v) is 4.33. The van der Waals surface area contributed by atoms with Gasteiger partial charge in [-0.2, -0.15) is 5.10 Å². The van der Waals surface area contributed by atoms with E-state index in [0.29, 0.717) is 0 Å². The molecule has 1 unspecified atom stereocenters. The molecule has 6 nitrogen and oxygen atoms in total. The molecule has 1 aliphatic heterocycles. The Bertz CT molecular complexity index is 760. The van der Waals surface area contributed by atoms with Crippen molar-refractivity contribution in [2.45, 2.75) is 38.6 Å². The van der Waals surface area contributed by atoms with Gasteiger partial charge in [0, 0.05) is 44.5 Å². The molecule has 1 aromatic carbocycles. The first-order chi connectivity index (χ1) is 13.7. The summed E-state index contributed by atoms with van der Waals surface area (Å²) in [4.78, 5) is 17.2. The average molecular weight is 382 g/mol. The summed E-state index contributed by atoms with van der Waals surface area (Å²) in [6.45, 7) is 6.84. The molecule has 2 fully saturated rings. The van der Waals surface area contributed by atoms with Gasteiger partial charge in [-0.15, -0.1) is 0 Å². The van der Waals surface area contributed by atoms with E-state index in [0.717, 1.165) is 43.3 Å². The molecular weight excluding hydrogens is 350 g/mol. The molecule has 2 amide bonds. The minimum absolute atomic E-state index is 0.0282. The van der Waals surface area contributed by atoms with Crippen LogP contribution in [0.25, 0.3) is 5.69 Å². The molecule has 1 saturated heterocycles. The number of para-hydroxylation sites is 1. The quantitative estimate of drug-likeness (QED) is 0.863. The number of aromatic nitrogens is 2. The largest absolute Gasteiger partial charge is 0.331 e.